The molecule has 2 heteroatoms. The molecule has 100 valence electrons. The minimum absolute atomic E-state index is 0.251. The summed E-state index contributed by atoms with van der Waals surface area (Å²) in [6.07, 6.45) is 4.93. The van der Waals surface area contributed by atoms with Crippen molar-refractivity contribution in [2.45, 2.75) is 68.1 Å². The Kier molecular flexibility index (Phi) is 4.39. The third-order valence-electron chi connectivity index (χ3n) is 3.74. The fraction of sp³-hybridized carbons (Fsp3) is 0.625. The Morgan fingerprint density at radius 1 is 1.00 bits per heavy atom. The van der Waals surface area contributed by atoms with Gasteiger partial charge < -0.3 is 5.73 Å². The van der Waals surface area contributed by atoms with Gasteiger partial charge in [-0.3, -0.25) is 0 Å². The van der Waals surface area contributed by atoms with Gasteiger partial charge in [0.25, 0.3) is 0 Å². The van der Waals surface area contributed by atoms with Gasteiger partial charge in [-0.2, -0.15) is 0 Å². The minimum Gasteiger partial charge on any atom is -0.328 e. The monoisotopic (exact) mass is 263 g/mol. The number of hydrogen-bond acceptors (Lipinski definition) is 2. The second-order valence-electron chi connectivity index (χ2n) is 6.43. The van der Waals surface area contributed by atoms with Crippen LogP contribution in [-0.2, 0) is 5.41 Å². The van der Waals surface area contributed by atoms with Crippen molar-refractivity contribution in [1.82, 2.24) is 0 Å². The van der Waals surface area contributed by atoms with E-state index in [-0.39, 0.29) is 5.41 Å². The van der Waals surface area contributed by atoms with E-state index in [9.17, 15) is 0 Å². The molecule has 0 aromatic heterocycles. The van der Waals surface area contributed by atoms with Crippen LogP contribution in [0.3, 0.4) is 0 Å². The molecule has 1 saturated carbocycles. The summed E-state index contributed by atoms with van der Waals surface area (Å²) in [4.78, 5) is 1.41. The molecule has 0 spiro atoms. The fourth-order valence-electron chi connectivity index (χ4n) is 2.43. The first-order chi connectivity index (χ1) is 8.45. The van der Waals surface area contributed by atoms with Gasteiger partial charge in [-0.15, -0.1) is 11.8 Å². The van der Waals surface area contributed by atoms with Gasteiger partial charge in [0.2, 0.25) is 0 Å². The highest BCUT2D eigenvalue weighted by Gasteiger charge is 2.19. The molecule has 1 fully saturated rings. The van der Waals surface area contributed by atoms with Crippen LogP contribution in [0.4, 0.5) is 0 Å². The van der Waals surface area contributed by atoms with Crippen molar-refractivity contribution < 1.29 is 0 Å². The lowest BCUT2D eigenvalue weighted by Crippen LogP contribution is -2.27. The second-order valence-corrected chi connectivity index (χ2v) is 7.80. The van der Waals surface area contributed by atoms with E-state index in [0.29, 0.717) is 6.04 Å². The summed E-state index contributed by atoms with van der Waals surface area (Å²) in [6, 6.07) is 9.55. The van der Waals surface area contributed by atoms with Gasteiger partial charge in [0.05, 0.1) is 0 Å². The van der Waals surface area contributed by atoms with E-state index in [1.165, 1.54) is 36.1 Å². The molecule has 0 heterocycles. The summed E-state index contributed by atoms with van der Waals surface area (Å²) in [6.45, 7) is 6.78. The Morgan fingerprint density at radius 2 is 1.56 bits per heavy atom. The predicted octanol–water partition coefficient (Wildman–Crippen LogP) is 4.35. The van der Waals surface area contributed by atoms with Crippen molar-refractivity contribution in [2.75, 3.05) is 0 Å². The molecule has 18 heavy (non-hydrogen) atoms. The Labute approximate surface area is 116 Å². The molecule has 0 atom stereocenters. The molecule has 1 aliphatic carbocycles. The average molecular weight is 263 g/mol. The zero-order valence-corrected chi connectivity index (χ0v) is 12.6. The first kappa shape index (κ1) is 14.0. The molecule has 1 aromatic carbocycles. The van der Waals surface area contributed by atoms with Gasteiger partial charge in [-0.05, 0) is 48.8 Å². The number of hydrogen-bond donors (Lipinski definition) is 1. The zero-order chi connectivity index (χ0) is 13.2. The first-order valence-corrected chi connectivity index (χ1v) is 7.86. The Morgan fingerprint density at radius 3 is 2.06 bits per heavy atom. The molecular formula is C16H25NS. The minimum atomic E-state index is 0.251. The van der Waals surface area contributed by atoms with Gasteiger partial charge in [0.1, 0.15) is 0 Å². The van der Waals surface area contributed by atoms with E-state index >= 15 is 0 Å². The lowest BCUT2D eigenvalue weighted by molar-refractivity contribution is 0.451. The van der Waals surface area contributed by atoms with Crippen LogP contribution in [0.1, 0.15) is 52.0 Å². The van der Waals surface area contributed by atoms with Crippen molar-refractivity contribution in [3.05, 3.63) is 29.8 Å². The van der Waals surface area contributed by atoms with Gasteiger partial charge in [0.15, 0.2) is 0 Å². The van der Waals surface area contributed by atoms with Crippen molar-refractivity contribution in [3.63, 3.8) is 0 Å². The van der Waals surface area contributed by atoms with Crippen molar-refractivity contribution in [1.29, 1.82) is 0 Å². The Hall–Kier alpha value is -0.470. The van der Waals surface area contributed by atoms with E-state index in [2.05, 4.69) is 45.0 Å². The van der Waals surface area contributed by atoms with Crippen LogP contribution >= 0.6 is 11.8 Å². The van der Waals surface area contributed by atoms with Crippen molar-refractivity contribution in [2.24, 2.45) is 5.73 Å². The number of nitrogens with two attached hydrogens (primary N) is 1. The largest absolute Gasteiger partial charge is 0.328 e. The summed E-state index contributed by atoms with van der Waals surface area (Å²) in [5.41, 5.74) is 7.61. The SMILES string of the molecule is CC(C)(C)c1ccc(SC2CCC(N)CC2)cc1. The second kappa shape index (κ2) is 5.66. The van der Waals surface area contributed by atoms with Crippen LogP contribution in [-0.4, -0.2) is 11.3 Å². The highest BCUT2D eigenvalue weighted by atomic mass is 32.2. The quantitative estimate of drug-likeness (QED) is 0.858. The van der Waals surface area contributed by atoms with Crippen LogP contribution in [0.2, 0.25) is 0 Å². The van der Waals surface area contributed by atoms with E-state index < -0.39 is 0 Å². The maximum Gasteiger partial charge on any atom is 0.00955 e. The van der Waals surface area contributed by atoms with Crippen LogP contribution < -0.4 is 5.73 Å². The predicted molar refractivity (Wildman–Crippen MR) is 81.2 cm³/mol. The lowest BCUT2D eigenvalue weighted by atomic mass is 9.87. The van der Waals surface area contributed by atoms with Gasteiger partial charge in [-0.25, -0.2) is 0 Å². The summed E-state index contributed by atoms with van der Waals surface area (Å²) < 4.78 is 0. The molecule has 0 radical (unpaired) electrons. The van der Waals surface area contributed by atoms with Crippen molar-refractivity contribution >= 4 is 11.8 Å². The van der Waals surface area contributed by atoms with Crippen LogP contribution in [0.25, 0.3) is 0 Å². The average Bonchev–Trinajstić information content (AvgIpc) is 2.32. The molecule has 1 aliphatic rings. The summed E-state index contributed by atoms with van der Waals surface area (Å²) in [5, 5.41) is 0.769. The van der Waals surface area contributed by atoms with E-state index in [1.54, 1.807) is 0 Å². The third-order valence-corrected chi connectivity index (χ3v) is 5.09. The molecule has 0 aliphatic heterocycles. The molecule has 1 aromatic rings. The van der Waals surface area contributed by atoms with Crippen LogP contribution in [0.5, 0.6) is 0 Å². The van der Waals surface area contributed by atoms with E-state index in [1.807, 2.05) is 11.8 Å². The van der Waals surface area contributed by atoms with E-state index in [4.69, 9.17) is 5.73 Å². The third kappa shape index (κ3) is 3.76. The van der Waals surface area contributed by atoms with Crippen molar-refractivity contribution in [3.8, 4) is 0 Å². The van der Waals surface area contributed by atoms with E-state index in [0.717, 1.165) is 5.25 Å². The molecule has 0 bridgehead atoms. The normalized spacial score (nSPS) is 25.1. The fourth-order valence-corrected chi connectivity index (χ4v) is 3.62. The summed E-state index contributed by atoms with van der Waals surface area (Å²) in [5.74, 6) is 0. The lowest BCUT2D eigenvalue weighted by Gasteiger charge is -2.26. The van der Waals surface area contributed by atoms with Gasteiger partial charge in [0, 0.05) is 16.2 Å². The van der Waals surface area contributed by atoms with Crippen LogP contribution in [0.15, 0.2) is 29.2 Å². The van der Waals surface area contributed by atoms with Gasteiger partial charge >= 0.3 is 0 Å². The topological polar surface area (TPSA) is 26.0 Å². The van der Waals surface area contributed by atoms with Crippen LogP contribution in [0, 0.1) is 0 Å². The molecule has 0 unspecified atom stereocenters. The highest BCUT2D eigenvalue weighted by molar-refractivity contribution is 8.00. The molecule has 0 amide bonds. The molecular weight excluding hydrogens is 238 g/mol. The molecule has 2 rings (SSSR count). The Balaban J connectivity index is 1.94. The number of thioether (sulfide) groups is 1. The first-order valence-electron chi connectivity index (χ1n) is 6.98. The smallest absolute Gasteiger partial charge is 0.00955 e. The number of rotatable bonds is 2. The standard InChI is InChI=1S/C16H25NS/c1-16(2,3)12-4-8-14(9-5-12)18-15-10-6-13(17)7-11-15/h4-5,8-9,13,15H,6-7,10-11,17H2,1-3H3. The molecule has 0 saturated heterocycles. The maximum absolute atomic E-state index is 5.95. The highest BCUT2D eigenvalue weighted by Crippen LogP contribution is 2.34. The summed E-state index contributed by atoms with van der Waals surface area (Å²) in [7, 11) is 0. The zero-order valence-electron chi connectivity index (χ0n) is 11.8. The molecule has 2 N–H and O–H groups in total. The van der Waals surface area contributed by atoms with Gasteiger partial charge in [-0.1, -0.05) is 32.9 Å². The number of benzene rings is 1. The summed E-state index contributed by atoms with van der Waals surface area (Å²) >= 11 is 2.03. The molecule has 1 nitrogen and oxygen atoms in total. The maximum atomic E-state index is 5.95. The Bertz CT molecular complexity index is 369.